The van der Waals surface area contributed by atoms with Gasteiger partial charge < -0.3 is 5.32 Å². The normalized spacial score (nSPS) is 15.3. The third-order valence-electron chi connectivity index (χ3n) is 5.43. The summed E-state index contributed by atoms with van der Waals surface area (Å²) in [5.74, 6) is 0.380. The number of nitrogens with one attached hydrogen (secondary N) is 1. The second kappa shape index (κ2) is 11.6. The number of unbranched alkanes of at least 4 members (excludes halogenated alkanes) is 5. The summed E-state index contributed by atoms with van der Waals surface area (Å²) in [4.78, 5) is 33.1. The lowest BCUT2D eigenvalue weighted by Gasteiger charge is -2.14. The molecule has 0 saturated carbocycles. The number of thiocarbonyl (C=S) groups is 1. The van der Waals surface area contributed by atoms with Crippen LogP contribution in [-0.2, 0) is 4.79 Å². The van der Waals surface area contributed by atoms with Crippen molar-refractivity contribution < 1.29 is 4.79 Å². The molecule has 0 aromatic carbocycles. The number of hydrogen-bond acceptors (Lipinski definition) is 6. The monoisotopic (exact) mass is 472 g/mol. The Morgan fingerprint density at radius 2 is 1.84 bits per heavy atom. The van der Waals surface area contributed by atoms with Crippen LogP contribution < -0.4 is 10.9 Å². The number of anilines is 1. The third kappa shape index (κ3) is 5.78. The van der Waals surface area contributed by atoms with E-state index >= 15 is 0 Å². The van der Waals surface area contributed by atoms with Crippen molar-refractivity contribution in [2.75, 3.05) is 18.4 Å². The molecule has 0 unspecified atom stereocenters. The summed E-state index contributed by atoms with van der Waals surface area (Å²) in [6.07, 6.45) is 11.3. The number of aryl methyl sites for hydroxylation is 1. The molecule has 0 radical (unpaired) electrons. The van der Waals surface area contributed by atoms with Crippen LogP contribution in [0.15, 0.2) is 28.0 Å². The second-order valence-electron chi connectivity index (χ2n) is 8.14. The Balaban J connectivity index is 1.85. The first-order chi connectivity index (χ1) is 15.5. The van der Waals surface area contributed by atoms with E-state index in [1.165, 1.54) is 41.8 Å². The summed E-state index contributed by atoms with van der Waals surface area (Å²) < 4.78 is 2.09. The molecule has 3 heterocycles. The number of pyridine rings is 1. The van der Waals surface area contributed by atoms with Crippen molar-refractivity contribution in [2.45, 2.75) is 65.7 Å². The number of hydrogen-bond donors (Lipinski definition) is 1. The van der Waals surface area contributed by atoms with Crippen LogP contribution in [0.4, 0.5) is 5.82 Å². The van der Waals surface area contributed by atoms with Crippen LogP contribution in [-0.4, -0.2) is 37.6 Å². The molecule has 0 atom stereocenters. The zero-order chi connectivity index (χ0) is 23.1. The molecule has 1 fully saturated rings. The van der Waals surface area contributed by atoms with Gasteiger partial charge in [0.1, 0.15) is 15.8 Å². The Labute approximate surface area is 199 Å². The molecule has 172 valence electrons. The van der Waals surface area contributed by atoms with Crippen LogP contribution in [0.3, 0.4) is 0 Å². The Hall–Kier alpha value is -2.19. The largest absolute Gasteiger partial charge is 0.369 e. The highest BCUT2D eigenvalue weighted by Crippen LogP contribution is 2.33. The molecule has 1 aliphatic rings. The van der Waals surface area contributed by atoms with Gasteiger partial charge in [0.15, 0.2) is 0 Å². The summed E-state index contributed by atoms with van der Waals surface area (Å²) in [6.45, 7) is 7.50. The summed E-state index contributed by atoms with van der Waals surface area (Å²) >= 11 is 6.74. The van der Waals surface area contributed by atoms with Crippen molar-refractivity contribution in [1.29, 1.82) is 0 Å². The lowest BCUT2D eigenvalue weighted by atomic mass is 10.1. The van der Waals surface area contributed by atoms with Gasteiger partial charge in [0.25, 0.3) is 11.5 Å². The highest BCUT2D eigenvalue weighted by molar-refractivity contribution is 8.26. The van der Waals surface area contributed by atoms with Crippen molar-refractivity contribution in [3.05, 3.63) is 44.7 Å². The SMILES string of the molecule is CCCCCCCCN1C(=O)/C(=C\c2c(NCCC)nc3ccc(C)cn3c2=O)SC1=S. The molecule has 1 amide bonds. The van der Waals surface area contributed by atoms with Crippen LogP contribution in [0, 0.1) is 6.92 Å². The van der Waals surface area contributed by atoms with E-state index in [2.05, 4.69) is 24.1 Å². The molecule has 0 aliphatic carbocycles. The maximum absolute atomic E-state index is 13.3. The molecule has 3 rings (SSSR count). The third-order valence-corrected chi connectivity index (χ3v) is 6.81. The molecule has 1 N–H and O–H groups in total. The first-order valence-corrected chi connectivity index (χ1v) is 12.7. The minimum Gasteiger partial charge on any atom is -0.369 e. The summed E-state index contributed by atoms with van der Waals surface area (Å²) in [6, 6.07) is 3.76. The van der Waals surface area contributed by atoms with Gasteiger partial charge in [0.2, 0.25) is 0 Å². The highest BCUT2D eigenvalue weighted by Gasteiger charge is 2.32. The molecular formula is C24H32N4O2S2. The molecule has 32 heavy (non-hydrogen) atoms. The Kier molecular flexibility index (Phi) is 8.87. The lowest BCUT2D eigenvalue weighted by molar-refractivity contribution is -0.122. The van der Waals surface area contributed by atoms with E-state index in [4.69, 9.17) is 12.2 Å². The summed E-state index contributed by atoms with van der Waals surface area (Å²) in [5, 5.41) is 3.24. The fraction of sp³-hybridized carbons (Fsp3) is 0.500. The van der Waals surface area contributed by atoms with E-state index in [1.54, 1.807) is 17.2 Å². The quantitative estimate of drug-likeness (QED) is 0.269. The average molecular weight is 473 g/mol. The van der Waals surface area contributed by atoms with Gasteiger partial charge in [-0.05, 0) is 37.5 Å². The minimum atomic E-state index is -0.196. The Morgan fingerprint density at radius 3 is 2.59 bits per heavy atom. The number of aromatic nitrogens is 2. The maximum atomic E-state index is 13.3. The van der Waals surface area contributed by atoms with Crippen LogP contribution in [0.5, 0.6) is 0 Å². The molecule has 0 spiro atoms. The maximum Gasteiger partial charge on any atom is 0.267 e. The second-order valence-corrected chi connectivity index (χ2v) is 9.82. The number of rotatable bonds is 11. The number of fused-ring (bicyclic) bond motifs is 1. The van der Waals surface area contributed by atoms with Gasteiger partial charge in [0, 0.05) is 19.3 Å². The van der Waals surface area contributed by atoms with E-state index in [0.717, 1.165) is 24.8 Å². The molecule has 1 saturated heterocycles. The van der Waals surface area contributed by atoms with Crippen LogP contribution in [0.2, 0.25) is 0 Å². The van der Waals surface area contributed by atoms with Crippen LogP contribution >= 0.6 is 24.0 Å². The topological polar surface area (TPSA) is 66.7 Å². The van der Waals surface area contributed by atoms with Gasteiger partial charge >= 0.3 is 0 Å². The first-order valence-electron chi connectivity index (χ1n) is 11.5. The summed E-state index contributed by atoms with van der Waals surface area (Å²) in [5.41, 5.74) is 1.74. The molecule has 8 heteroatoms. The van der Waals surface area contributed by atoms with Crippen molar-refractivity contribution in [2.24, 2.45) is 0 Å². The zero-order valence-electron chi connectivity index (χ0n) is 19.1. The van der Waals surface area contributed by atoms with Crippen LogP contribution in [0.1, 0.15) is 69.9 Å². The van der Waals surface area contributed by atoms with E-state index in [-0.39, 0.29) is 11.5 Å². The average Bonchev–Trinajstić information content (AvgIpc) is 3.04. The number of carbonyl (C=O) groups excluding carboxylic acids is 1. The fourth-order valence-electron chi connectivity index (χ4n) is 3.64. The van der Waals surface area contributed by atoms with E-state index in [1.807, 2.05) is 19.1 Å². The van der Waals surface area contributed by atoms with E-state index in [9.17, 15) is 9.59 Å². The molecule has 2 aromatic rings. The van der Waals surface area contributed by atoms with Gasteiger partial charge in [0.05, 0.1) is 10.5 Å². The molecular weight excluding hydrogens is 440 g/mol. The number of carbonyl (C=O) groups is 1. The van der Waals surface area contributed by atoms with Crippen LogP contribution in [0.25, 0.3) is 11.7 Å². The van der Waals surface area contributed by atoms with E-state index < -0.39 is 0 Å². The lowest BCUT2D eigenvalue weighted by Crippen LogP contribution is -2.29. The number of thioether (sulfide) groups is 1. The van der Waals surface area contributed by atoms with Crippen molar-refractivity contribution in [3.63, 3.8) is 0 Å². The molecule has 0 bridgehead atoms. The minimum absolute atomic E-state index is 0.122. The number of amides is 1. The highest BCUT2D eigenvalue weighted by atomic mass is 32.2. The van der Waals surface area contributed by atoms with Crippen molar-refractivity contribution in [1.82, 2.24) is 14.3 Å². The van der Waals surface area contributed by atoms with Gasteiger partial charge in [-0.3, -0.25) is 18.9 Å². The molecule has 6 nitrogen and oxygen atoms in total. The van der Waals surface area contributed by atoms with Crippen molar-refractivity contribution in [3.8, 4) is 0 Å². The molecule has 2 aromatic heterocycles. The van der Waals surface area contributed by atoms with Gasteiger partial charge in [-0.2, -0.15) is 0 Å². The zero-order valence-corrected chi connectivity index (χ0v) is 20.8. The van der Waals surface area contributed by atoms with Gasteiger partial charge in [-0.15, -0.1) is 0 Å². The predicted molar refractivity (Wildman–Crippen MR) is 138 cm³/mol. The summed E-state index contributed by atoms with van der Waals surface area (Å²) in [7, 11) is 0. The first kappa shape index (κ1) is 24.5. The van der Waals surface area contributed by atoms with E-state index in [0.29, 0.717) is 39.3 Å². The Bertz CT molecular complexity index is 1080. The molecule has 1 aliphatic heterocycles. The van der Waals surface area contributed by atoms with Crippen molar-refractivity contribution >= 4 is 51.7 Å². The van der Waals surface area contributed by atoms with Gasteiger partial charge in [-0.1, -0.05) is 76.0 Å². The predicted octanol–water partition coefficient (Wildman–Crippen LogP) is 5.39. The van der Waals surface area contributed by atoms with Gasteiger partial charge in [-0.25, -0.2) is 4.98 Å². The smallest absolute Gasteiger partial charge is 0.267 e. The standard InChI is InChI=1S/C24H32N4O2S2/c1-4-6-7-8-9-10-14-27-23(30)19(32-24(27)31)15-18-21(25-13-5-2)26-20-12-11-17(3)16-28(20)22(18)29/h11-12,15-16,25H,4-10,13-14H2,1-3H3/b19-15+. The number of nitrogens with zero attached hydrogens (tertiary/aromatic N) is 3. The Morgan fingerprint density at radius 1 is 1.09 bits per heavy atom. The fourth-order valence-corrected chi connectivity index (χ4v) is 4.93.